The molecule has 144 valence electrons. The molecule has 0 unspecified atom stereocenters. The Kier molecular flexibility index (Phi) is 21.3. The summed E-state index contributed by atoms with van der Waals surface area (Å²) in [4.78, 5) is 10.8. The number of halogens is 1. The lowest BCUT2D eigenvalue weighted by atomic mass is 10.0. The molecular weight excluding hydrogens is 413 g/mol. The summed E-state index contributed by atoms with van der Waals surface area (Å²) < 4.78 is 1.32. The molecule has 0 saturated carbocycles. The van der Waals surface area contributed by atoms with Gasteiger partial charge in [-0.05, 0) is 17.3 Å². The van der Waals surface area contributed by atoms with Gasteiger partial charge in [-0.1, -0.05) is 119 Å². The molecule has 0 heterocycles. The van der Waals surface area contributed by atoms with E-state index in [0.717, 1.165) is 12.8 Å². The summed E-state index contributed by atoms with van der Waals surface area (Å²) in [7, 11) is 0. The zero-order chi connectivity index (χ0) is 17.7. The van der Waals surface area contributed by atoms with Crippen molar-refractivity contribution in [2.24, 2.45) is 0 Å². The molecule has 4 heteroatoms. The number of hydrogen-bond acceptors (Lipinski definition) is 2. The summed E-state index contributed by atoms with van der Waals surface area (Å²) in [5.74, 6) is -0.258. The third kappa shape index (κ3) is 20.2. The van der Waals surface area contributed by atoms with Crippen molar-refractivity contribution < 1.29 is 10.0 Å². The molecule has 0 bridgehead atoms. The first-order chi connectivity index (χ1) is 11.8. The van der Waals surface area contributed by atoms with Crippen LogP contribution in [0.25, 0.3) is 0 Å². The Morgan fingerprint density at radius 3 is 1.17 bits per heavy atom. The van der Waals surface area contributed by atoms with Crippen LogP contribution < -0.4 is 5.48 Å². The van der Waals surface area contributed by atoms with Gasteiger partial charge in [0, 0.05) is 6.42 Å². The molecule has 0 fully saturated rings. The molecule has 24 heavy (non-hydrogen) atoms. The topological polar surface area (TPSA) is 49.3 Å². The molecule has 0 aromatic heterocycles. The zero-order valence-electron chi connectivity index (χ0n) is 15.7. The van der Waals surface area contributed by atoms with Crippen molar-refractivity contribution in [3.63, 3.8) is 0 Å². The van der Waals surface area contributed by atoms with Crippen molar-refractivity contribution in [3.8, 4) is 0 Å². The van der Waals surface area contributed by atoms with Gasteiger partial charge in [0.2, 0.25) is 5.91 Å². The predicted molar refractivity (Wildman–Crippen MR) is 112 cm³/mol. The van der Waals surface area contributed by atoms with Gasteiger partial charge in [-0.15, -0.1) is 0 Å². The largest absolute Gasteiger partial charge is 0.289 e. The number of carbonyl (C=O) groups is 1. The van der Waals surface area contributed by atoms with E-state index < -0.39 is 0 Å². The molecule has 0 radical (unpaired) electrons. The highest BCUT2D eigenvalue weighted by molar-refractivity contribution is 14.1. The van der Waals surface area contributed by atoms with Crippen LogP contribution in [0.1, 0.15) is 116 Å². The number of unbranched alkanes of at least 4 members (excludes halogenated alkanes) is 16. The molecule has 0 aliphatic heterocycles. The summed E-state index contributed by atoms with van der Waals surface area (Å²) in [6.45, 7) is 0. The number of alkyl halides is 1. The van der Waals surface area contributed by atoms with Crippen molar-refractivity contribution >= 4 is 28.5 Å². The number of rotatable bonds is 19. The molecule has 0 aliphatic carbocycles. The lowest BCUT2D eigenvalue weighted by Crippen LogP contribution is -2.17. The average molecular weight is 453 g/mol. The molecule has 2 N–H and O–H groups in total. The fourth-order valence-corrected chi connectivity index (χ4v) is 3.63. The van der Waals surface area contributed by atoms with Crippen LogP contribution in [0.5, 0.6) is 0 Å². The maximum Gasteiger partial charge on any atom is 0.243 e. The second-order valence-corrected chi connectivity index (χ2v) is 8.06. The van der Waals surface area contributed by atoms with Crippen molar-refractivity contribution in [2.45, 2.75) is 116 Å². The van der Waals surface area contributed by atoms with Crippen LogP contribution in [0, 0.1) is 0 Å². The molecule has 0 spiro atoms. The third-order valence-corrected chi connectivity index (χ3v) is 5.42. The number of amides is 1. The van der Waals surface area contributed by atoms with E-state index in [1.807, 2.05) is 0 Å². The lowest BCUT2D eigenvalue weighted by molar-refractivity contribution is -0.129. The van der Waals surface area contributed by atoms with Gasteiger partial charge < -0.3 is 0 Å². The highest BCUT2D eigenvalue weighted by Crippen LogP contribution is 2.14. The SMILES string of the molecule is O=C(CCCCCCCCCCCCCCCCCCCI)NO. The number of hydroxylamine groups is 1. The number of carbonyl (C=O) groups excluding carboxylic acids is 1. The normalized spacial score (nSPS) is 10.9. The van der Waals surface area contributed by atoms with E-state index in [4.69, 9.17) is 5.21 Å². The van der Waals surface area contributed by atoms with Gasteiger partial charge in [-0.3, -0.25) is 10.0 Å². The van der Waals surface area contributed by atoms with E-state index >= 15 is 0 Å². The smallest absolute Gasteiger partial charge is 0.243 e. The van der Waals surface area contributed by atoms with E-state index in [1.54, 1.807) is 5.48 Å². The lowest BCUT2D eigenvalue weighted by Gasteiger charge is -2.03. The zero-order valence-corrected chi connectivity index (χ0v) is 17.8. The molecular formula is C20H40INO2. The molecule has 1 amide bonds. The first-order valence-electron chi connectivity index (χ1n) is 10.3. The van der Waals surface area contributed by atoms with Gasteiger partial charge in [0.25, 0.3) is 0 Å². The molecule has 0 aromatic carbocycles. The number of nitrogens with one attached hydrogen (secondary N) is 1. The summed E-state index contributed by atoms with van der Waals surface area (Å²) in [5.41, 5.74) is 1.68. The van der Waals surface area contributed by atoms with E-state index in [0.29, 0.717) is 6.42 Å². The second kappa shape index (κ2) is 21.2. The average Bonchev–Trinajstić information content (AvgIpc) is 2.60. The Morgan fingerprint density at radius 1 is 0.583 bits per heavy atom. The Labute approximate surface area is 163 Å². The summed E-state index contributed by atoms with van der Waals surface area (Å²) in [6, 6.07) is 0. The minimum Gasteiger partial charge on any atom is -0.289 e. The monoisotopic (exact) mass is 453 g/mol. The van der Waals surface area contributed by atoms with Gasteiger partial charge in [0.05, 0.1) is 0 Å². The number of hydrogen-bond donors (Lipinski definition) is 2. The Bertz CT molecular complexity index is 262. The van der Waals surface area contributed by atoms with E-state index in [9.17, 15) is 4.79 Å². The Balaban J connectivity index is 2.99. The fraction of sp³-hybridized carbons (Fsp3) is 0.950. The predicted octanol–water partition coefficient (Wildman–Crippen LogP) is 6.95. The molecule has 0 saturated heterocycles. The van der Waals surface area contributed by atoms with Crippen LogP contribution in [0.3, 0.4) is 0 Å². The molecule has 0 aromatic rings. The highest BCUT2D eigenvalue weighted by Gasteiger charge is 1.98. The molecule has 0 aliphatic rings. The van der Waals surface area contributed by atoms with E-state index in [1.165, 1.54) is 101 Å². The van der Waals surface area contributed by atoms with Crippen LogP contribution in [0.2, 0.25) is 0 Å². The standard InChI is InChI=1S/C20H40INO2/c21-19-17-15-13-11-9-7-5-3-1-2-4-6-8-10-12-14-16-18-20(23)22-24/h24H,1-19H2,(H,22,23). The third-order valence-electron chi connectivity index (χ3n) is 4.66. The van der Waals surface area contributed by atoms with E-state index in [2.05, 4.69) is 22.6 Å². The summed E-state index contributed by atoms with van der Waals surface area (Å²) in [5, 5.41) is 8.38. The van der Waals surface area contributed by atoms with Gasteiger partial charge in [-0.25, -0.2) is 5.48 Å². The van der Waals surface area contributed by atoms with Crippen LogP contribution in [-0.4, -0.2) is 15.5 Å². The van der Waals surface area contributed by atoms with Crippen LogP contribution in [-0.2, 0) is 4.79 Å². The van der Waals surface area contributed by atoms with Crippen molar-refractivity contribution in [1.82, 2.24) is 5.48 Å². The Hall–Kier alpha value is 0.160. The van der Waals surface area contributed by atoms with Crippen molar-refractivity contribution in [2.75, 3.05) is 4.43 Å². The quantitative estimate of drug-likeness (QED) is 0.0731. The maximum atomic E-state index is 10.8. The van der Waals surface area contributed by atoms with Crippen molar-refractivity contribution in [3.05, 3.63) is 0 Å². The first kappa shape index (κ1) is 24.2. The van der Waals surface area contributed by atoms with Crippen molar-refractivity contribution in [1.29, 1.82) is 0 Å². The minimum atomic E-state index is -0.258. The van der Waals surface area contributed by atoms with Gasteiger partial charge in [-0.2, -0.15) is 0 Å². The molecule has 3 nitrogen and oxygen atoms in total. The highest BCUT2D eigenvalue weighted by atomic mass is 127. The van der Waals surface area contributed by atoms with Gasteiger partial charge in [0.1, 0.15) is 0 Å². The maximum absolute atomic E-state index is 10.8. The fourth-order valence-electron chi connectivity index (χ4n) is 3.09. The first-order valence-corrected chi connectivity index (χ1v) is 11.8. The molecule has 0 rings (SSSR count). The summed E-state index contributed by atoms with van der Waals surface area (Å²) >= 11 is 2.47. The van der Waals surface area contributed by atoms with E-state index in [-0.39, 0.29) is 5.91 Å². The second-order valence-electron chi connectivity index (χ2n) is 6.98. The van der Waals surface area contributed by atoms with Gasteiger partial charge in [0.15, 0.2) is 0 Å². The van der Waals surface area contributed by atoms with Crippen LogP contribution in [0.15, 0.2) is 0 Å². The Morgan fingerprint density at radius 2 is 0.875 bits per heavy atom. The van der Waals surface area contributed by atoms with Crippen LogP contribution in [0.4, 0.5) is 0 Å². The summed E-state index contributed by atoms with van der Waals surface area (Å²) in [6.07, 6.45) is 23.4. The van der Waals surface area contributed by atoms with Gasteiger partial charge >= 0.3 is 0 Å². The molecule has 0 atom stereocenters. The van der Waals surface area contributed by atoms with Crippen LogP contribution >= 0.6 is 22.6 Å². The minimum absolute atomic E-state index is 0.258.